The van der Waals surface area contributed by atoms with Crippen LogP contribution >= 0.6 is 22.6 Å². The molecule has 152 valence electrons. The van der Waals surface area contributed by atoms with E-state index in [0.29, 0.717) is 13.0 Å². The van der Waals surface area contributed by atoms with Gasteiger partial charge in [0.05, 0.1) is 4.90 Å². The maximum Gasteiger partial charge on any atom is 0.241 e. The number of unbranched alkanes of at least 4 members (excludes halogenated alkanes) is 3. The fraction of sp³-hybridized carbons (Fsp3) is 0.381. The third-order valence-corrected chi connectivity index (χ3v) is 6.56. The molecule has 0 radical (unpaired) electrons. The molecule has 5 nitrogen and oxygen atoms in total. The van der Waals surface area contributed by atoms with E-state index in [9.17, 15) is 13.2 Å². The highest BCUT2D eigenvalue weighted by Gasteiger charge is 2.25. The van der Waals surface area contributed by atoms with E-state index in [4.69, 9.17) is 0 Å². The number of sulfonamides is 1. The Bertz CT molecular complexity index is 840. The maximum absolute atomic E-state index is 12.8. The van der Waals surface area contributed by atoms with Crippen molar-refractivity contribution in [1.82, 2.24) is 10.0 Å². The highest BCUT2D eigenvalue weighted by molar-refractivity contribution is 14.1. The number of amides is 1. The van der Waals surface area contributed by atoms with Crippen LogP contribution < -0.4 is 10.0 Å². The standard InChI is InChI=1S/C21H27IN2O3S/c1-2-3-4-8-15-23-21(25)20(16-17-9-6-5-7-10-17)24-28(26,27)19-13-11-18(22)12-14-19/h5-7,9-14,20,24H,2-4,8,15-16H2,1H3,(H,23,25)/t20-/m0/s1. The van der Waals surface area contributed by atoms with Crippen molar-refractivity contribution < 1.29 is 13.2 Å². The van der Waals surface area contributed by atoms with Crippen LogP contribution in [0.15, 0.2) is 59.5 Å². The van der Waals surface area contributed by atoms with E-state index >= 15 is 0 Å². The molecule has 0 aromatic heterocycles. The summed E-state index contributed by atoms with van der Waals surface area (Å²) in [6, 6.07) is 15.1. The average molecular weight is 514 g/mol. The van der Waals surface area contributed by atoms with E-state index in [1.54, 1.807) is 24.3 Å². The summed E-state index contributed by atoms with van der Waals surface area (Å²) in [5, 5.41) is 2.88. The second kappa shape index (κ2) is 11.5. The first-order valence-electron chi connectivity index (χ1n) is 9.52. The summed E-state index contributed by atoms with van der Waals surface area (Å²) in [6.45, 7) is 2.68. The van der Waals surface area contributed by atoms with Crippen LogP contribution in [0.1, 0.15) is 38.2 Å². The van der Waals surface area contributed by atoms with Gasteiger partial charge in [0.15, 0.2) is 0 Å². The fourth-order valence-electron chi connectivity index (χ4n) is 2.79. The number of carbonyl (C=O) groups is 1. The predicted octanol–water partition coefficient (Wildman–Crippen LogP) is 3.88. The molecular weight excluding hydrogens is 487 g/mol. The molecule has 0 fully saturated rings. The lowest BCUT2D eigenvalue weighted by atomic mass is 10.1. The van der Waals surface area contributed by atoms with Crippen LogP contribution in [0.2, 0.25) is 0 Å². The zero-order valence-electron chi connectivity index (χ0n) is 16.0. The van der Waals surface area contributed by atoms with Crippen LogP contribution in [0.5, 0.6) is 0 Å². The van der Waals surface area contributed by atoms with E-state index < -0.39 is 16.1 Å². The largest absolute Gasteiger partial charge is 0.355 e. The molecule has 0 aliphatic rings. The molecule has 0 spiro atoms. The first kappa shape index (κ1) is 22.8. The van der Waals surface area contributed by atoms with Crippen molar-refractivity contribution in [3.8, 4) is 0 Å². The monoisotopic (exact) mass is 514 g/mol. The van der Waals surface area contributed by atoms with Crippen molar-refractivity contribution in [2.45, 2.75) is 50.0 Å². The normalized spacial score (nSPS) is 12.5. The van der Waals surface area contributed by atoms with Gasteiger partial charge in [-0.3, -0.25) is 4.79 Å². The molecule has 0 unspecified atom stereocenters. The van der Waals surface area contributed by atoms with Crippen LogP contribution in [-0.4, -0.2) is 26.9 Å². The Balaban J connectivity index is 2.10. The van der Waals surface area contributed by atoms with Gasteiger partial charge in [0.25, 0.3) is 0 Å². The van der Waals surface area contributed by atoms with Crippen molar-refractivity contribution in [1.29, 1.82) is 0 Å². The van der Waals surface area contributed by atoms with Crippen molar-refractivity contribution >= 4 is 38.5 Å². The second-order valence-electron chi connectivity index (χ2n) is 6.67. The Hall–Kier alpha value is -1.45. The summed E-state index contributed by atoms with van der Waals surface area (Å²) in [5.74, 6) is -0.297. The van der Waals surface area contributed by atoms with Crippen molar-refractivity contribution in [2.75, 3.05) is 6.54 Å². The molecule has 2 aromatic rings. The van der Waals surface area contributed by atoms with Crippen LogP contribution in [0.4, 0.5) is 0 Å². The zero-order valence-corrected chi connectivity index (χ0v) is 19.0. The van der Waals surface area contributed by atoms with E-state index in [1.807, 2.05) is 30.3 Å². The Labute approximate surface area is 181 Å². The summed E-state index contributed by atoms with van der Waals surface area (Å²) in [6.07, 6.45) is 4.49. The van der Waals surface area contributed by atoms with Gasteiger partial charge in [-0.1, -0.05) is 56.5 Å². The molecule has 1 amide bonds. The van der Waals surface area contributed by atoms with Gasteiger partial charge >= 0.3 is 0 Å². The lowest BCUT2D eigenvalue weighted by molar-refractivity contribution is -0.122. The summed E-state index contributed by atoms with van der Waals surface area (Å²) >= 11 is 2.12. The first-order valence-corrected chi connectivity index (χ1v) is 12.1. The molecule has 0 bridgehead atoms. The molecule has 0 aliphatic heterocycles. The highest BCUT2D eigenvalue weighted by atomic mass is 127. The Morgan fingerprint density at radius 3 is 2.32 bits per heavy atom. The number of rotatable bonds is 11. The molecule has 1 atom stereocenters. The van der Waals surface area contributed by atoms with Gasteiger partial charge in [0, 0.05) is 10.1 Å². The van der Waals surface area contributed by atoms with Crippen molar-refractivity contribution in [3.63, 3.8) is 0 Å². The predicted molar refractivity (Wildman–Crippen MR) is 121 cm³/mol. The number of hydrogen-bond acceptors (Lipinski definition) is 3. The minimum Gasteiger partial charge on any atom is -0.355 e. The topological polar surface area (TPSA) is 75.3 Å². The molecule has 7 heteroatoms. The fourth-order valence-corrected chi connectivity index (χ4v) is 4.35. The van der Waals surface area contributed by atoms with Gasteiger partial charge in [0.2, 0.25) is 15.9 Å². The number of halogens is 1. The summed E-state index contributed by atoms with van der Waals surface area (Å²) in [7, 11) is -3.79. The molecule has 0 saturated heterocycles. The lowest BCUT2D eigenvalue weighted by Crippen LogP contribution is -2.48. The minimum absolute atomic E-state index is 0.154. The molecule has 0 aliphatic carbocycles. The van der Waals surface area contributed by atoms with E-state index in [0.717, 1.165) is 34.8 Å². The first-order chi connectivity index (χ1) is 13.4. The molecule has 0 saturated carbocycles. The Morgan fingerprint density at radius 1 is 1.00 bits per heavy atom. The Morgan fingerprint density at radius 2 is 1.68 bits per heavy atom. The Kier molecular flexibility index (Phi) is 9.40. The molecule has 2 N–H and O–H groups in total. The van der Waals surface area contributed by atoms with Crippen molar-refractivity contribution in [3.05, 3.63) is 63.7 Å². The molecule has 2 rings (SSSR count). The molecular formula is C21H27IN2O3S. The SMILES string of the molecule is CCCCCCNC(=O)[C@H](Cc1ccccc1)NS(=O)(=O)c1ccc(I)cc1. The number of benzene rings is 2. The number of nitrogens with one attached hydrogen (secondary N) is 2. The summed E-state index contributed by atoms with van der Waals surface area (Å²) < 4.78 is 29.1. The number of carbonyl (C=O) groups excluding carboxylic acids is 1. The van der Waals surface area contributed by atoms with Gasteiger partial charge in [0.1, 0.15) is 6.04 Å². The number of hydrogen-bond donors (Lipinski definition) is 2. The van der Waals surface area contributed by atoms with E-state index in [1.165, 1.54) is 0 Å². The third-order valence-electron chi connectivity index (χ3n) is 4.35. The molecule has 0 heterocycles. The second-order valence-corrected chi connectivity index (χ2v) is 9.63. The van der Waals surface area contributed by atoms with Gasteiger partial charge < -0.3 is 5.32 Å². The smallest absolute Gasteiger partial charge is 0.241 e. The lowest BCUT2D eigenvalue weighted by Gasteiger charge is -2.19. The van der Waals surface area contributed by atoms with Crippen LogP contribution in [0.25, 0.3) is 0 Å². The quantitative estimate of drug-likeness (QED) is 0.353. The average Bonchev–Trinajstić information content (AvgIpc) is 2.68. The summed E-state index contributed by atoms with van der Waals surface area (Å²) in [5.41, 5.74) is 0.902. The highest BCUT2D eigenvalue weighted by Crippen LogP contribution is 2.14. The molecule has 28 heavy (non-hydrogen) atoms. The van der Waals surface area contributed by atoms with Crippen LogP contribution in [-0.2, 0) is 21.2 Å². The van der Waals surface area contributed by atoms with Crippen LogP contribution in [0, 0.1) is 3.57 Å². The van der Waals surface area contributed by atoms with E-state index in [-0.39, 0.29) is 10.8 Å². The van der Waals surface area contributed by atoms with E-state index in [2.05, 4.69) is 39.6 Å². The van der Waals surface area contributed by atoms with Crippen molar-refractivity contribution in [2.24, 2.45) is 0 Å². The van der Waals surface area contributed by atoms with Gasteiger partial charge in [-0.05, 0) is 65.3 Å². The zero-order chi connectivity index (χ0) is 20.4. The van der Waals surface area contributed by atoms with Crippen LogP contribution in [0.3, 0.4) is 0 Å². The summed E-state index contributed by atoms with van der Waals surface area (Å²) in [4.78, 5) is 12.9. The minimum atomic E-state index is -3.79. The van der Waals surface area contributed by atoms with Gasteiger partial charge in [-0.25, -0.2) is 8.42 Å². The third kappa shape index (κ3) is 7.52. The van der Waals surface area contributed by atoms with Gasteiger partial charge in [-0.15, -0.1) is 0 Å². The maximum atomic E-state index is 12.8. The molecule has 2 aromatic carbocycles. The van der Waals surface area contributed by atoms with Gasteiger partial charge in [-0.2, -0.15) is 4.72 Å².